The predicted molar refractivity (Wildman–Crippen MR) is 75.9 cm³/mol. The zero-order valence-corrected chi connectivity index (χ0v) is 11.8. The summed E-state index contributed by atoms with van der Waals surface area (Å²) in [7, 11) is 1.54. The van der Waals surface area contributed by atoms with Gasteiger partial charge in [-0.15, -0.1) is 10.2 Å². The molecule has 0 saturated carbocycles. The largest absolute Gasteiger partial charge is 0.336 e. The third-order valence-corrected chi connectivity index (χ3v) is 3.00. The first kappa shape index (κ1) is 14.9. The summed E-state index contributed by atoms with van der Waals surface area (Å²) in [4.78, 5) is 24.0. The average Bonchev–Trinajstić information content (AvgIpc) is 2.47. The van der Waals surface area contributed by atoms with Gasteiger partial charge < -0.3 is 4.90 Å². The number of amides is 1. The Balaban J connectivity index is 2.18. The van der Waals surface area contributed by atoms with Crippen molar-refractivity contribution in [2.75, 3.05) is 7.05 Å². The van der Waals surface area contributed by atoms with Crippen LogP contribution in [-0.2, 0) is 6.54 Å². The third kappa shape index (κ3) is 3.51. The highest BCUT2D eigenvalue weighted by Crippen LogP contribution is 2.19. The lowest BCUT2D eigenvalue weighted by atomic mass is 10.1. The number of nitro groups is 1. The second kappa shape index (κ2) is 6.27. The van der Waals surface area contributed by atoms with Crippen LogP contribution in [0.3, 0.4) is 0 Å². The number of para-hydroxylation sites is 1. The van der Waals surface area contributed by atoms with E-state index in [1.165, 1.54) is 30.1 Å². The van der Waals surface area contributed by atoms with E-state index in [0.717, 1.165) is 0 Å². The van der Waals surface area contributed by atoms with Crippen molar-refractivity contribution >= 4 is 23.2 Å². The molecule has 0 aliphatic carbocycles. The van der Waals surface area contributed by atoms with Crippen LogP contribution in [0.5, 0.6) is 0 Å². The molecule has 0 atom stereocenters. The summed E-state index contributed by atoms with van der Waals surface area (Å²) in [6, 6.07) is 9.18. The van der Waals surface area contributed by atoms with Gasteiger partial charge >= 0.3 is 0 Å². The van der Waals surface area contributed by atoms with Crippen molar-refractivity contribution in [1.29, 1.82) is 0 Å². The normalized spacial score (nSPS) is 10.2. The Morgan fingerprint density at radius 1 is 1.29 bits per heavy atom. The number of nitro benzene ring substituents is 1. The molecule has 0 saturated heterocycles. The zero-order chi connectivity index (χ0) is 15.4. The Labute approximate surface area is 125 Å². The van der Waals surface area contributed by atoms with E-state index in [0.29, 0.717) is 5.56 Å². The van der Waals surface area contributed by atoms with Crippen LogP contribution in [0.1, 0.15) is 16.1 Å². The van der Waals surface area contributed by atoms with Gasteiger partial charge in [0.25, 0.3) is 11.6 Å². The SMILES string of the molecule is CN(Cc1ccccc1[N+](=O)[O-])C(=O)c1ccc(Cl)nn1. The molecule has 1 aromatic heterocycles. The number of benzene rings is 1. The summed E-state index contributed by atoms with van der Waals surface area (Å²) in [5.41, 5.74) is 0.542. The average molecular weight is 307 g/mol. The van der Waals surface area contributed by atoms with Gasteiger partial charge in [-0.2, -0.15) is 0 Å². The Bertz CT molecular complexity index is 675. The number of nitrogens with zero attached hydrogens (tertiary/aromatic N) is 4. The Morgan fingerprint density at radius 2 is 2.00 bits per heavy atom. The zero-order valence-electron chi connectivity index (χ0n) is 11.1. The molecule has 108 valence electrons. The van der Waals surface area contributed by atoms with Crippen molar-refractivity contribution in [2.24, 2.45) is 0 Å². The minimum absolute atomic E-state index is 0.0284. The Morgan fingerprint density at radius 3 is 2.62 bits per heavy atom. The summed E-state index contributed by atoms with van der Waals surface area (Å²) in [6.45, 7) is 0.0975. The first-order chi connectivity index (χ1) is 9.99. The van der Waals surface area contributed by atoms with Gasteiger partial charge in [0.05, 0.1) is 11.5 Å². The lowest BCUT2D eigenvalue weighted by molar-refractivity contribution is -0.385. The molecule has 1 aromatic carbocycles. The number of carbonyl (C=O) groups excluding carboxylic acids is 1. The molecule has 0 fully saturated rings. The van der Waals surface area contributed by atoms with Crippen LogP contribution >= 0.6 is 11.6 Å². The summed E-state index contributed by atoms with van der Waals surface area (Å²) in [5.74, 6) is -0.391. The smallest absolute Gasteiger partial charge is 0.274 e. The van der Waals surface area contributed by atoms with Gasteiger partial charge in [0.2, 0.25) is 0 Å². The monoisotopic (exact) mass is 306 g/mol. The van der Waals surface area contributed by atoms with Crippen LogP contribution in [0, 0.1) is 10.1 Å². The highest BCUT2D eigenvalue weighted by atomic mass is 35.5. The number of halogens is 1. The second-order valence-electron chi connectivity index (χ2n) is 4.29. The standard InChI is InChI=1S/C13H11ClN4O3/c1-17(13(19)10-6-7-12(14)16-15-10)8-9-4-2-3-5-11(9)18(20)21/h2-7H,8H2,1H3. The van der Waals surface area contributed by atoms with Gasteiger partial charge in [-0.1, -0.05) is 29.8 Å². The fourth-order valence-electron chi connectivity index (χ4n) is 1.78. The van der Waals surface area contributed by atoms with Crippen LogP contribution in [0.4, 0.5) is 5.69 Å². The predicted octanol–water partition coefficient (Wildman–Crippen LogP) is 2.31. The summed E-state index contributed by atoms with van der Waals surface area (Å²) < 4.78 is 0. The topological polar surface area (TPSA) is 89.2 Å². The molecule has 0 spiro atoms. The summed E-state index contributed by atoms with van der Waals surface area (Å²) in [6.07, 6.45) is 0. The van der Waals surface area contributed by atoms with Gasteiger partial charge in [0.1, 0.15) is 0 Å². The minimum atomic E-state index is -0.476. The van der Waals surface area contributed by atoms with Crippen LogP contribution in [0.2, 0.25) is 5.15 Å². The van der Waals surface area contributed by atoms with Gasteiger partial charge in [-0.25, -0.2) is 0 Å². The van der Waals surface area contributed by atoms with E-state index >= 15 is 0 Å². The maximum atomic E-state index is 12.2. The van der Waals surface area contributed by atoms with Crippen molar-refractivity contribution in [3.05, 3.63) is 62.9 Å². The molecule has 1 heterocycles. The van der Waals surface area contributed by atoms with E-state index in [1.54, 1.807) is 18.2 Å². The molecule has 2 rings (SSSR count). The number of rotatable bonds is 4. The molecule has 1 amide bonds. The van der Waals surface area contributed by atoms with Crippen molar-refractivity contribution in [1.82, 2.24) is 15.1 Å². The molecule has 2 aromatic rings. The lowest BCUT2D eigenvalue weighted by Crippen LogP contribution is -2.27. The maximum absolute atomic E-state index is 12.2. The van der Waals surface area contributed by atoms with E-state index in [9.17, 15) is 14.9 Å². The van der Waals surface area contributed by atoms with Crippen molar-refractivity contribution in [3.63, 3.8) is 0 Å². The molecule has 0 radical (unpaired) electrons. The van der Waals surface area contributed by atoms with Crippen molar-refractivity contribution < 1.29 is 9.72 Å². The Hall–Kier alpha value is -2.54. The molecule has 0 N–H and O–H groups in total. The van der Waals surface area contributed by atoms with E-state index < -0.39 is 10.8 Å². The molecule has 0 unspecified atom stereocenters. The van der Waals surface area contributed by atoms with Gasteiger partial charge in [-0.3, -0.25) is 14.9 Å². The van der Waals surface area contributed by atoms with Crippen LogP contribution in [0.25, 0.3) is 0 Å². The van der Waals surface area contributed by atoms with E-state index in [-0.39, 0.29) is 23.1 Å². The van der Waals surface area contributed by atoms with E-state index in [4.69, 9.17) is 11.6 Å². The fraction of sp³-hybridized carbons (Fsp3) is 0.154. The molecule has 21 heavy (non-hydrogen) atoms. The van der Waals surface area contributed by atoms with Crippen LogP contribution in [0.15, 0.2) is 36.4 Å². The molecule has 0 aliphatic heterocycles. The fourth-order valence-corrected chi connectivity index (χ4v) is 1.88. The number of hydrogen-bond donors (Lipinski definition) is 0. The molecule has 0 bridgehead atoms. The van der Waals surface area contributed by atoms with Crippen molar-refractivity contribution in [3.8, 4) is 0 Å². The minimum Gasteiger partial charge on any atom is -0.336 e. The Kier molecular flexibility index (Phi) is 4.44. The van der Waals surface area contributed by atoms with Crippen LogP contribution in [-0.4, -0.2) is 33.0 Å². The molecule has 8 heteroatoms. The quantitative estimate of drug-likeness (QED) is 0.638. The van der Waals surface area contributed by atoms with Crippen LogP contribution < -0.4 is 0 Å². The highest BCUT2D eigenvalue weighted by molar-refractivity contribution is 6.29. The van der Waals surface area contributed by atoms with Gasteiger partial charge in [-0.05, 0) is 12.1 Å². The second-order valence-corrected chi connectivity index (χ2v) is 4.68. The lowest BCUT2D eigenvalue weighted by Gasteiger charge is -2.16. The molecule has 7 nitrogen and oxygen atoms in total. The van der Waals surface area contributed by atoms with E-state index in [2.05, 4.69) is 10.2 Å². The first-order valence-corrected chi connectivity index (χ1v) is 6.34. The summed E-state index contributed by atoms with van der Waals surface area (Å²) in [5, 5.41) is 18.4. The number of aromatic nitrogens is 2. The number of carbonyl (C=O) groups is 1. The maximum Gasteiger partial charge on any atom is 0.274 e. The molecular weight excluding hydrogens is 296 g/mol. The third-order valence-electron chi connectivity index (χ3n) is 2.79. The van der Waals surface area contributed by atoms with Gasteiger partial charge in [0.15, 0.2) is 10.8 Å². The molecular formula is C13H11ClN4O3. The highest BCUT2D eigenvalue weighted by Gasteiger charge is 2.18. The first-order valence-electron chi connectivity index (χ1n) is 5.96. The van der Waals surface area contributed by atoms with Gasteiger partial charge in [0, 0.05) is 18.7 Å². The number of hydrogen-bond acceptors (Lipinski definition) is 5. The summed E-state index contributed by atoms with van der Waals surface area (Å²) >= 11 is 5.61. The molecule has 0 aliphatic rings. The van der Waals surface area contributed by atoms with Crippen molar-refractivity contribution in [2.45, 2.75) is 6.54 Å². The van der Waals surface area contributed by atoms with E-state index in [1.807, 2.05) is 0 Å².